The molecule has 0 aliphatic carbocycles. The summed E-state index contributed by atoms with van der Waals surface area (Å²) in [4.78, 5) is 9.25. The second-order valence-electron chi connectivity index (χ2n) is 2.22. The molecule has 0 atom stereocenters. The number of hydrogen-bond acceptors (Lipinski definition) is 2. The van der Waals surface area contributed by atoms with E-state index in [4.69, 9.17) is 9.53 Å². The molecule has 0 spiro atoms. The van der Waals surface area contributed by atoms with Gasteiger partial charge in [0.05, 0.1) is 0 Å². The Balaban J connectivity index is 0.000000187. The lowest BCUT2D eigenvalue weighted by Crippen LogP contribution is -2.15. The second-order valence-corrected chi connectivity index (χ2v) is 7.79. The zero-order valence-electron chi connectivity index (χ0n) is 6.58. The third kappa shape index (κ3) is 9.60. The third-order valence-corrected chi connectivity index (χ3v) is 6.35. The molecule has 0 aromatic heterocycles. The Hall–Kier alpha value is -0.396. The van der Waals surface area contributed by atoms with Crippen molar-refractivity contribution in [2.45, 2.75) is 12.5 Å². The number of rotatable bonds is 1. The van der Waals surface area contributed by atoms with Gasteiger partial charge >= 0.3 is 5.97 Å². The summed E-state index contributed by atoms with van der Waals surface area (Å²) < 4.78 is 5.27. The maximum atomic E-state index is 9.25. The van der Waals surface area contributed by atoms with Gasteiger partial charge in [-0.1, -0.05) is 12.6 Å². The molecule has 0 unspecified atom stereocenters. The molecular formula is C6H14O3Si2. The van der Waals surface area contributed by atoms with E-state index in [2.05, 4.69) is 6.58 Å². The first-order chi connectivity index (χ1) is 5.27. The van der Waals surface area contributed by atoms with E-state index >= 15 is 0 Å². The van der Waals surface area contributed by atoms with Gasteiger partial charge in [0.2, 0.25) is 0 Å². The molecule has 0 aromatic carbocycles. The first kappa shape index (κ1) is 10.6. The van der Waals surface area contributed by atoms with Crippen LogP contribution in [0.5, 0.6) is 0 Å². The van der Waals surface area contributed by atoms with Crippen molar-refractivity contribution in [2.24, 2.45) is 0 Å². The van der Waals surface area contributed by atoms with Crippen LogP contribution in [0.15, 0.2) is 12.7 Å². The molecule has 1 saturated heterocycles. The SMILES string of the molecule is C1CO[SiH2][SiH2]C1.C=CC(=O)O. The van der Waals surface area contributed by atoms with Gasteiger partial charge in [-0.2, -0.15) is 0 Å². The molecule has 0 radical (unpaired) electrons. The fraction of sp³-hybridized carbons (Fsp3) is 0.500. The quantitative estimate of drug-likeness (QED) is 0.437. The monoisotopic (exact) mass is 190 g/mol. The lowest BCUT2D eigenvalue weighted by molar-refractivity contribution is -0.131. The highest BCUT2D eigenvalue weighted by Gasteiger charge is 1.96. The minimum atomic E-state index is -0.981. The summed E-state index contributed by atoms with van der Waals surface area (Å²) in [6, 6.07) is 1.58. The van der Waals surface area contributed by atoms with E-state index in [1.807, 2.05) is 0 Å². The van der Waals surface area contributed by atoms with Gasteiger partial charge < -0.3 is 9.53 Å². The van der Waals surface area contributed by atoms with Gasteiger partial charge in [0, 0.05) is 21.7 Å². The topological polar surface area (TPSA) is 46.5 Å². The highest BCUT2D eigenvalue weighted by molar-refractivity contribution is 6.97. The molecule has 1 rings (SSSR count). The average Bonchev–Trinajstić information content (AvgIpc) is 2.09. The molecule has 1 aliphatic rings. The van der Waals surface area contributed by atoms with E-state index in [9.17, 15) is 4.79 Å². The molecule has 1 fully saturated rings. The van der Waals surface area contributed by atoms with Gasteiger partial charge in [0.15, 0.2) is 0 Å². The van der Waals surface area contributed by atoms with E-state index in [0.717, 1.165) is 12.7 Å². The third-order valence-electron chi connectivity index (χ3n) is 1.25. The van der Waals surface area contributed by atoms with Crippen molar-refractivity contribution in [3.8, 4) is 0 Å². The van der Waals surface area contributed by atoms with Crippen LogP contribution in [0.4, 0.5) is 0 Å². The van der Waals surface area contributed by atoms with Crippen LogP contribution in [0, 0.1) is 0 Å². The van der Waals surface area contributed by atoms with Gasteiger partial charge in [0.1, 0.15) is 9.28 Å². The average molecular weight is 190 g/mol. The largest absolute Gasteiger partial charge is 0.478 e. The Morgan fingerprint density at radius 2 is 2.36 bits per heavy atom. The summed E-state index contributed by atoms with van der Waals surface area (Å²) in [5, 5.41) is 7.60. The molecule has 5 heteroatoms. The Bertz CT molecular complexity index is 111. The van der Waals surface area contributed by atoms with Crippen LogP contribution in [-0.2, 0) is 9.22 Å². The predicted octanol–water partition coefficient (Wildman–Crippen LogP) is -0.750. The summed E-state index contributed by atoms with van der Waals surface area (Å²) in [7, 11) is 0.573. The summed E-state index contributed by atoms with van der Waals surface area (Å²) in [5.74, 6) is -0.981. The Labute approximate surface area is 71.0 Å². The molecule has 1 heterocycles. The molecular weight excluding hydrogens is 176 g/mol. The molecule has 0 saturated carbocycles. The maximum Gasteiger partial charge on any atom is 0.327 e. The van der Waals surface area contributed by atoms with E-state index < -0.39 is 5.97 Å². The van der Waals surface area contributed by atoms with Crippen molar-refractivity contribution in [3.05, 3.63) is 12.7 Å². The predicted molar refractivity (Wildman–Crippen MR) is 50.3 cm³/mol. The standard InChI is InChI=1S/C3H4O2.C3H10OSi2/c1-2-3(4)5;1-2-4-6-5-3-1/h2H,1H2,(H,4,5);1-3,5-6H2. The summed E-state index contributed by atoms with van der Waals surface area (Å²) in [6.45, 7) is 4.06. The van der Waals surface area contributed by atoms with Crippen LogP contribution in [0.2, 0.25) is 6.04 Å². The van der Waals surface area contributed by atoms with Gasteiger partial charge in [-0.05, 0) is 6.42 Å². The molecule has 0 amide bonds. The highest BCUT2D eigenvalue weighted by atomic mass is 29.2. The second kappa shape index (κ2) is 7.71. The van der Waals surface area contributed by atoms with Crippen molar-refractivity contribution < 1.29 is 14.3 Å². The Morgan fingerprint density at radius 1 is 1.73 bits per heavy atom. The van der Waals surface area contributed by atoms with E-state index in [-0.39, 0.29) is 9.28 Å². The van der Waals surface area contributed by atoms with Gasteiger partial charge in [-0.3, -0.25) is 0 Å². The first-order valence-corrected chi connectivity index (χ1v) is 9.28. The van der Waals surface area contributed by atoms with Crippen molar-refractivity contribution >= 4 is 24.3 Å². The number of carboxylic acid groups (broad SMARTS) is 1. The molecule has 1 aliphatic heterocycles. The normalized spacial score (nSPS) is 20.4. The summed E-state index contributed by atoms with van der Waals surface area (Å²) in [6.07, 6.45) is 2.21. The van der Waals surface area contributed by atoms with Crippen LogP contribution in [0.3, 0.4) is 0 Å². The lowest BCUT2D eigenvalue weighted by atomic mass is 10.5. The zero-order valence-corrected chi connectivity index (χ0v) is 9.41. The van der Waals surface area contributed by atoms with Crippen LogP contribution in [-0.4, -0.2) is 36.0 Å². The van der Waals surface area contributed by atoms with Crippen molar-refractivity contribution in [1.82, 2.24) is 0 Å². The van der Waals surface area contributed by atoms with Crippen molar-refractivity contribution in [2.75, 3.05) is 6.61 Å². The van der Waals surface area contributed by atoms with Crippen LogP contribution < -0.4 is 0 Å². The zero-order chi connectivity index (χ0) is 8.53. The molecule has 11 heavy (non-hydrogen) atoms. The molecule has 0 aromatic rings. The number of carbonyl (C=O) groups is 1. The summed E-state index contributed by atoms with van der Waals surface area (Å²) in [5.41, 5.74) is 0. The molecule has 1 N–H and O–H groups in total. The Morgan fingerprint density at radius 3 is 2.45 bits per heavy atom. The van der Waals surface area contributed by atoms with E-state index in [1.54, 1.807) is 6.04 Å². The highest BCUT2D eigenvalue weighted by Crippen LogP contribution is 1.93. The van der Waals surface area contributed by atoms with Gasteiger partial charge in [-0.15, -0.1) is 0 Å². The van der Waals surface area contributed by atoms with Crippen LogP contribution in [0.25, 0.3) is 0 Å². The fourth-order valence-electron chi connectivity index (χ4n) is 0.687. The number of carboxylic acids is 1. The minimum absolute atomic E-state index is 0.147. The first-order valence-electron chi connectivity index (χ1n) is 3.70. The summed E-state index contributed by atoms with van der Waals surface area (Å²) >= 11 is 0. The van der Waals surface area contributed by atoms with Crippen molar-refractivity contribution in [3.63, 3.8) is 0 Å². The maximum absolute atomic E-state index is 9.25. The Kier molecular flexibility index (Phi) is 7.43. The fourth-order valence-corrected chi connectivity index (χ4v) is 4.96. The number of hydrogen-bond donors (Lipinski definition) is 1. The van der Waals surface area contributed by atoms with Crippen molar-refractivity contribution in [1.29, 1.82) is 0 Å². The van der Waals surface area contributed by atoms with Crippen LogP contribution in [0.1, 0.15) is 6.42 Å². The van der Waals surface area contributed by atoms with Gasteiger partial charge in [0.25, 0.3) is 0 Å². The smallest absolute Gasteiger partial charge is 0.327 e. The lowest BCUT2D eigenvalue weighted by Gasteiger charge is -2.07. The van der Waals surface area contributed by atoms with Crippen LogP contribution >= 0.6 is 0 Å². The molecule has 0 bridgehead atoms. The minimum Gasteiger partial charge on any atom is -0.478 e. The number of aliphatic carboxylic acids is 1. The molecule has 3 nitrogen and oxygen atoms in total. The van der Waals surface area contributed by atoms with Gasteiger partial charge in [-0.25, -0.2) is 4.79 Å². The van der Waals surface area contributed by atoms with E-state index in [0.29, 0.717) is 9.04 Å². The van der Waals surface area contributed by atoms with E-state index in [1.165, 1.54) is 6.42 Å². The molecule has 64 valence electrons.